The number of esters is 2. The van der Waals surface area contributed by atoms with Gasteiger partial charge < -0.3 is 9.47 Å². The highest BCUT2D eigenvalue weighted by Crippen LogP contribution is 2.25. The van der Waals surface area contributed by atoms with Crippen LogP contribution in [0.5, 0.6) is 5.75 Å². The van der Waals surface area contributed by atoms with Crippen molar-refractivity contribution in [1.29, 1.82) is 0 Å². The van der Waals surface area contributed by atoms with Crippen LogP contribution in [0.2, 0.25) is 5.02 Å². The smallest absolute Gasteiger partial charge is 0.337 e. The van der Waals surface area contributed by atoms with Crippen LogP contribution in [0, 0.1) is 0 Å². The SMILES string of the molecule is COC(=O)c1ccc(Cl)c(OC(C)=O)c1. The molecule has 15 heavy (non-hydrogen) atoms. The molecule has 1 aromatic carbocycles. The molecule has 0 aliphatic rings. The molecule has 0 aromatic heterocycles. The first kappa shape index (κ1) is 11.5. The summed E-state index contributed by atoms with van der Waals surface area (Å²) in [4.78, 5) is 21.9. The molecule has 0 fully saturated rings. The van der Waals surface area contributed by atoms with Crippen LogP contribution in [0.3, 0.4) is 0 Å². The second-order valence-corrected chi connectivity index (χ2v) is 3.14. The van der Waals surface area contributed by atoms with E-state index in [2.05, 4.69) is 4.74 Å². The zero-order valence-electron chi connectivity index (χ0n) is 8.24. The Morgan fingerprint density at radius 3 is 2.53 bits per heavy atom. The molecule has 0 N–H and O–H groups in total. The molecule has 0 unspecified atom stereocenters. The van der Waals surface area contributed by atoms with Crippen molar-refractivity contribution < 1.29 is 19.1 Å². The minimum atomic E-state index is -0.514. The first-order chi connectivity index (χ1) is 7.04. The Morgan fingerprint density at radius 1 is 1.33 bits per heavy atom. The number of carbonyl (C=O) groups is 2. The van der Waals surface area contributed by atoms with Crippen LogP contribution in [0.4, 0.5) is 0 Å². The van der Waals surface area contributed by atoms with Gasteiger partial charge in [0.1, 0.15) is 5.75 Å². The number of rotatable bonds is 2. The number of halogens is 1. The van der Waals surface area contributed by atoms with Crippen molar-refractivity contribution in [2.24, 2.45) is 0 Å². The zero-order valence-corrected chi connectivity index (χ0v) is 9.00. The standard InChI is InChI=1S/C10H9ClO4/c1-6(12)15-9-5-7(10(13)14-2)3-4-8(9)11/h3-5H,1-2H3. The van der Waals surface area contributed by atoms with E-state index in [0.29, 0.717) is 0 Å². The molecule has 0 heterocycles. The lowest BCUT2D eigenvalue weighted by Crippen LogP contribution is -2.05. The molecule has 0 saturated carbocycles. The van der Waals surface area contributed by atoms with E-state index in [1.54, 1.807) is 0 Å². The summed E-state index contributed by atoms with van der Waals surface area (Å²) in [5, 5.41) is 0.262. The Hall–Kier alpha value is -1.55. The van der Waals surface area contributed by atoms with Gasteiger partial charge in [-0.1, -0.05) is 11.6 Å². The number of carbonyl (C=O) groups excluding carboxylic acids is 2. The van der Waals surface area contributed by atoms with Crippen molar-refractivity contribution in [3.8, 4) is 5.75 Å². The fraction of sp³-hybridized carbons (Fsp3) is 0.200. The van der Waals surface area contributed by atoms with Gasteiger partial charge in [-0.2, -0.15) is 0 Å². The average Bonchev–Trinajstić information content (AvgIpc) is 2.19. The van der Waals surface area contributed by atoms with Crippen LogP contribution in [-0.2, 0) is 9.53 Å². The summed E-state index contributed by atoms with van der Waals surface area (Å²) in [6, 6.07) is 4.31. The lowest BCUT2D eigenvalue weighted by molar-refractivity contribution is -0.131. The molecule has 0 aliphatic carbocycles. The van der Waals surface area contributed by atoms with E-state index < -0.39 is 11.9 Å². The number of ether oxygens (including phenoxy) is 2. The summed E-state index contributed by atoms with van der Waals surface area (Å²) in [6.45, 7) is 1.25. The first-order valence-corrected chi connectivity index (χ1v) is 4.48. The van der Waals surface area contributed by atoms with Crippen LogP contribution in [0.15, 0.2) is 18.2 Å². The van der Waals surface area contributed by atoms with Crippen molar-refractivity contribution in [3.05, 3.63) is 28.8 Å². The lowest BCUT2D eigenvalue weighted by Gasteiger charge is -2.05. The van der Waals surface area contributed by atoms with Crippen LogP contribution in [-0.4, -0.2) is 19.0 Å². The molecule has 0 radical (unpaired) electrons. The minimum absolute atomic E-state index is 0.145. The molecular weight excluding hydrogens is 220 g/mol. The van der Waals surface area contributed by atoms with Gasteiger partial charge in [-0.05, 0) is 18.2 Å². The number of benzene rings is 1. The van der Waals surface area contributed by atoms with Crippen molar-refractivity contribution >= 4 is 23.5 Å². The van der Waals surface area contributed by atoms with Gasteiger partial charge in [0.05, 0.1) is 17.7 Å². The summed E-state index contributed by atoms with van der Waals surface area (Å²) in [7, 11) is 1.27. The number of hydrogen-bond donors (Lipinski definition) is 0. The van der Waals surface area contributed by atoms with E-state index in [1.165, 1.54) is 32.2 Å². The Balaban J connectivity index is 3.05. The summed E-state index contributed by atoms with van der Waals surface area (Å²) < 4.78 is 9.32. The van der Waals surface area contributed by atoms with E-state index in [4.69, 9.17) is 16.3 Å². The molecular formula is C10H9ClO4. The zero-order chi connectivity index (χ0) is 11.4. The van der Waals surface area contributed by atoms with E-state index >= 15 is 0 Å². The van der Waals surface area contributed by atoms with Gasteiger partial charge in [-0.3, -0.25) is 4.79 Å². The van der Waals surface area contributed by atoms with Gasteiger partial charge >= 0.3 is 11.9 Å². The highest BCUT2D eigenvalue weighted by molar-refractivity contribution is 6.32. The maximum Gasteiger partial charge on any atom is 0.337 e. The highest BCUT2D eigenvalue weighted by atomic mass is 35.5. The average molecular weight is 229 g/mol. The highest BCUT2D eigenvalue weighted by Gasteiger charge is 2.10. The van der Waals surface area contributed by atoms with Gasteiger partial charge in [-0.15, -0.1) is 0 Å². The van der Waals surface area contributed by atoms with Crippen LogP contribution in [0.25, 0.3) is 0 Å². The molecule has 0 atom stereocenters. The Labute approximate surface area is 91.7 Å². The first-order valence-electron chi connectivity index (χ1n) is 4.11. The third kappa shape index (κ3) is 2.95. The maximum absolute atomic E-state index is 11.2. The molecule has 1 rings (SSSR count). The van der Waals surface area contributed by atoms with Crippen LogP contribution < -0.4 is 4.74 Å². The molecule has 0 amide bonds. The molecule has 0 saturated heterocycles. The number of methoxy groups -OCH3 is 1. The van der Waals surface area contributed by atoms with Gasteiger partial charge in [-0.25, -0.2) is 4.79 Å². The van der Waals surface area contributed by atoms with E-state index in [9.17, 15) is 9.59 Å². The van der Waals surface area contributed by atoms with Crippen molar-refractivity contribution in [1.82, 2.24) is 0 Å². The van der Waals surface area contributed by atoms with Crippen LogP contribution in [0.1, 0.15) is 17.3 Å². The largest absolute Gasteiger partial charge is 0.465 e. The Kier molecular flexibility index (Phi) is 3.68. The fourth-order valence-corrected chi connectivity index (χ4v) is 1.14. The molecule has 1 aromatic rings. The quantitative estimate of drug-likeness (QED) is 0.574. The molecule has 0 spiro atoms. The monoisotopic (exact) mass is 228 g/mol. The lowest BCUT2D eigenvalue weighted by atomic mass is 10.2. The second-order valence-electron chi connectivity index (χ2n) is 2.73. The molecule has 5 heteroatoms. The summed E-state index contributed by atoms with van der Waals surface area (Å²) >= 11 is 5.76. The second kappa shape index (κ2) is 4.79. The molecule has 0 bridgehead atoms. The fourth-order valence-electron chi connectivity index (χ4n) is 0.981. The van der Waals surface area contributed by atoms with Crippen molar-refractivity contribution in [2.45, 2.75) is 6.92 Å². The topological polar surface area (TPSA) is 52.6 Å². The van der Waals surface area contributed by atoms with Gasteiger partial charge in [0.2, 0.25) is 0 Å². The summed E-state index contributed by atoms with van der Waals surface area (Å²) in [5.41, 5.74) is 0.276. The summed E-state index contributed by atoms with van der Waals surface area (Å²) in [6.07, 6.45) is 0. The van der Waals surface area contributed by atoms with E-state index in [1.807, 2.05) is 0 Å². The van der Waals surface area contributed by atoms with Gasteiger partial charge in [0, 0.05) is 6.92 Å². The third-order valence-electron chi connectivity index (χ3n) is 1.61. The van der Waals surface area contributed by atoms with E-state index in [0.717, 1.165) is 0 Å². The normalized spacial score (nSPS) is 9.53. The van der Waals surface area contributed by atoms with E-state index in [-0.39, 0.29) is 16.3 Å². The predicted molar refractivity (Wildman–Crippen MR) is 54.1 cm³/mol. The number of hydrogen-bond acceptors (Lipinski definition) is 4. The Morgan fingerprint density at radius 2 is 2.00 bits per heavy atom. The third-order valence-corrected chi connectivity index (χ3v) is 1.92. The molecule has 80 valence electrons. The van der Waals surface area contributed by atoms with Gasteiger partial charge in [0.25, 0.3) is 0 Å². The van der Waals surface area contributed by atoms with Gasteiger partial charge in [0.15, 0.2) is 0 Å². The maximum atomic E-state index is 11.2. The van der Waals surface area contributed by atoms with Crippen molar-refractivity contribution in [2.75, 3.05) is 7.11 Å². The van der Waals surface area contributed by atoms with Crippen LogP contribution >= 0.6 is 11.6 Å². The summed E-state index contributed by atoms with van der Waals surface area (Å²) in [5.74, 6) is -0.869. The minimum Gasteiger partial charge on any atom is -0.465 e. The molecule has 4 nitrogen and oxygen atoms in total. The Bertz CT molecular complexity index is 400. The predicted octanol–water partition coefficient (Wildman–Crippen LogP) is 2.05. The van der Waals surface area contributed by atoms with Crippen molar-refractivity contribution in [3.63, 3.8) is 0 Å². The molecule has 0 aliphatic heterocycles.